The second kappa shape index (κ2) is 5.85. The van der Waals surface area contributed by atoms with Gasteiger partial charge in [0.15, 0.2) is 0 Å². The normalized spacial score (nSPS) is 11.8. The van der Waals surface area contributed by atoms with Gasteiger partial charge in [-0.2, -0.15) is 0 Å². The van der Waals surface area contributed by atoms with Crippen molar-refractivity contribution < 1.29 is 4.39 Å². The van der Waals surface area contributed by atoms with Crippen molar-refractivity contribution in [3.05, 3.63) is 57.5 Å². The Bertz CT molecular complexity index is 532. The maximum Gasteiger partial charge on any atom is 0.126 e. The maximum atomic E-state index is 13.2. The molecule has 0 unspecified atom stereocenters. The summed E-state index contributed by atoms with van der Waals surface area (Å²) in [5, 5.41) is 5.57. The van der Waals surface area contributed by atoms with Crippen LogP contribution < -0.4 is 5.32 Å². The van der Waals surface area contributed by atoms with E-state index in [1.807, 2.05) is 12.1 Å². The van der Waals surface area contributed by atoms with E-state index in [0.717, 1.165) is 18.7 Å². The number of thiophene rings is 1. The van der Waals surface area contributed by atoms with Crippen LogP contribution in [-0.4, -0.2) is 6.54 Å². The molecule has 1 aromatic heterocycles. The molecule has 2 rings (SSSR count). The van der Waals surface area contributed by atoms with E-state index in [1.54, 1.807) is 18.3 Å². The van der Waals surface area contributed by atoms with Crippen molar-refractivity contribution in [3.8, 4) is 0 Å². The minimum atomic E-state index is -0.136. The summed E-state index contributed by atoms with van der Waals surface area (Å²) in [7, 11) is 0. The molecular weight excluding hydrogens is 257 g/mol. The minimum absolute atomic E-state index is 0.128. The molecule has 0 saturated heterocycles. The summed E-state index contributed by atoms with van der Waals surface area (Å²) < 4.78 is 13.2. The second-order valence-corrected chi connectivity index (χ2v) is 6.50. The lowest BCUT2D eigenvalue weighted by Gasteiger charge is -2.23. The molecule has 0 aliphatic carbocycles. The zero-order chi connectivity index (χ0) is 13.9. The molecule has 1 N–H and O–H groups in total. The van der Waals surface area contributed by atoms with Crippen molar-refractivity contribution in [1.82, 2.24) is 5.32 Å². The summed E-state index contributed by atoms with van der Waals surface area (Å²) in [6.07, 6.45) is 0. The van der Waals surface area contributed by atoms with Gasteiger partial charge in [0.25, 0.3) is 0 Å². The highest BCUT2D eigenvalue weighted by Crippen LogP contribution is 2.26. The Morgan fingerprint density at radius 3 is 2.68 bits per heavy atom. The Morgan fingerprint density at radius 1 is 1.26 bits per heavy atom. The number of rotatable bonds is 5. The van der Waals surface area contributed by atoms with Gasteiger partial charge in [-0.1, -0.05) is 32.0 Å². The average molecular weight is 277 g/mol. The van der Waals surface area contributed by atoms with Gasteiger partial charge in [0.2, 0.25) is 0 Å². The molecule has 0 radical (unpaired) electrons. The third-order valence-corrected chi connectivity index (χ3v) is 4.54. The van der Waals surface area contributed by atoms with Gasteiger partial charge in [-0.05, 0) is 35.6 Å². The van der Waals surface area contributed by atoms with Gasteiger partial charge in [-0.25, -0.2) is 4.39 Å². The average Bonchev–Trinajstić information content (AvgIpc) is 2.88. The van der Waals surface area contributed by atoms with Crippen LogP contribution in [0.2, 0.25) is 0 Å². The smallest absolute Gasteiger partial charge is 0.126 e. The first-order valence-corrected chi connectivity index (χ1v) is 7.37. The minimum Gasteiger partial charge on any atom is -0.312 e. The van der Waals surface area contributed by atoms with Crippen LogP contribution >= 0.6 is 11.3 Å². The lowest BCUT2D eigenvalue weighted by Crippen LogP contribution is -2.31. The van der Waals surface area contributed by atoms with Crippen LogP contribution in [0.1, 0.15) is 29.9 Å². The van der Waals surface area contributed by atoms with Crippen molar-refractivity contribution in [3.63, 3.8) is 0 Å². The molecule has 0 saturated carbocycles. The molecule has 19 heavy (non-hydrogen) atoms. The number of nitrogens with one attached hydrogen (secondary N) is 1. The van der Waals surface area contributed by atoms with Gasteiger partial charge >= 0.3 is 0 Å². The number of benzene rings is 1. The number of hydrogen-bond acceptors (Lipinski definition) is 2. The van der Waals surface area contributed by atoms with Crippen LogP contribution in [0.15, 0.2) is 35.7 Å². The Kier molecular flexibility index (Phi) is 4.38. The third-order valence-electron chi connectivity index (χ3n) is 3.31. The second-order valence-electron chi connectivity index (χ2n) is 5.55. The Balaban J connectivity index is 1.91. The van der Waals surface area contributed by atoms with E-state index in [-0.39, 0.29) is 11.2 Å². The van der Waals surface area contributed by atoms with Crippen molar-refractivity contribution in [2.24, 2.45) is 0 Å². The van der Waals surface area contributed by atoms with Crippen molar-refractivity contribution in [2.45, 2.75) is 32.7 Å². The molecule has 0 bridgehead atoms. The van der Waals surface area contributed by atoms with E-state index in [2.05, 4.69) is 36.7 Å². The lowest BCUT2D eigenvalue weighted by atomic mass is 9.91. The lowest BCUT2D eigenvalue weighted by molar-refractivity contribution is 0.476. The quantitative estimate of drug-likeness (QED) is 0.861. The van der Waals surface area contributed by atoms with Crippen molar-refractivity contribution >= 4 is 11.3 Å². The van der Waals surface area contributed by atoms with Crippen LogP contribution in [0.3, 0.4) is 0 Å². The molecule has 0 spiro atoms. The molecule has 1 heterocycles. The molecule has 2 aromatic rings. The monoisotopic (exact) mass is 277 g/mol. The predicted octanol–water partition coefficient (Wildman–Crippen LogP) is 4.26. The molecule has 0 atom stereocenters. The standard InChI is InChI=1S/C16H20FNS/c1-12-9-13(6-7-14(12)17)10-18-11-16(2,3)15-5-4-8-19-15/h4-9,18H,10-11H2,1-3H3. The molecule has 1 nitrogen and oxygen atoms in total. The SMILES string of the molecule is Cc1cc(CNCC(C)(C)c2cccs2)ccc1F. The van der Waals surface area contributed by atoms with Crippen LogP contribution in [0, 0.1) is 12.7 Å². The Morgan fingerprint density at radius 2 is 2.05 bits per heavy atom. The zero-order valence-corrected chi connectivity index (χ0v) is 12.5. The molecule has 0 amide bonds. The first kappa shape index (κ1) is 14.2. The Hall–Kier alpha value is -1.19. The molecule has 102 valence electrons. The van der Waals surface area contributed by atoms with Gasteiger partial charge in [0.1, 0.15) is 5.82 Å². The summed E-state index contributed by atoms with van der Waals surface area (Å²) in [5.74, 6) is -0.136. The molecule has 3 heteroatoms. The summed E-state index contributed by atoms with van der Waals surface area (Å²) in [6.45, 7) is 7.96. The van der Waals surface area contributed by atoms with Gasteiger partial charge in [-0.15, -0.1) is 11.3 Å². The highest BCUT2D eigenvalue weighted by Gasteiger charge is 2.20. The topological polar surface area (TPSA) is 12.0 Å². The highest BCUT2D eigenvalue weighted by atomic mass is 32.1. The van der Waals surface area contributed by atoms with Gasteiger partial charge in [0.05, 0.1) is 0 Å². The van der Waals surface area contributed by atoms with Crippen LogP contribution in [0.25, 0.3) is 0 Å². The van der Waals surface area contributed by atoms with E-state index in [9.17, 15) is 4.39 Å². The summed E-state index contributed by atoms with van der Waals surface area (Å²) in [6, 6.07) is 9.55. The molecule has 0 fully saturated rings. The van der Waals surface area contributed by atoms with E-state index in [0.29, 0.717) is 5.56 Å². The third kappa shape index (κ3) is 3.64. The maximum absolute atomic E-state index is 13.2. The first-order valence-electron chi connectivity index (χ1n) is 6.49. The van der Waals surface area contributed by atoms with Crippen LogP contribution in [0.5, 0.6) is 0 Å². The molecule has 0 aliphatic heterocycles. The van der Waals surface area contributed by atoms with Crippen molar-refractivity contribution in [2.75, 3.05) is 6.54 Å². The number of aryl methyl sites for hydroxylation is 1. The van der Waals surface area contributed by atoms with Gasteiger partial charge in [0, 0.05) is 23.4 Å². The fourth-order valence-corrected chi connectivity index (χ4v) is 2.94. The van der Waals surface area contributed by atoms with Crippen LogP contribution in [0.4, 0.5) is 4.39 Å². The number of hydrogen-bond donors (Lipinski definition) is 1. The molecule has 0 aliphatic rings. The fraction of sp³-hybridized carbons (Fsp3) is 0.375. The largest absolute Gasteiger partial charge is 0.312 e. The van der Waals surface area contributed by atoms with E-state index < -0.39 is 0 Å². The first-order chi connectivity index (χ1) is 8.99. The predicted molar refractivity (Wildman–Crippen MR) is 80.2 cm³/mol. The van der Waals surface area contributed by atoms with Gasteiger partial charge in [-0.3, -0.25) is 0 Å². The Labute approximate surface area is 118 Å². The summed E-state index contributed by atoms with van der Waals surface area (Å²) >= 11 is 1.79. The van der Waals surface area contributed by atoms with Crippen LogP contribution in [-0.2, 0) is 12.0 Å². The van der Waals surface area contributed by atoms with E-state index >= 15 is 0 Å². The van der Waals surface area contributed by atoms with Gasteiger partial charge < -0.3 is 5.32 Å². The van der Waals surface area contributed by atoms with E-state index in [1.165, 1.54) is 10.9 Å². The fourth-order valence-electron chi connectivity index (χ4n) is 2.09. The zero-order valence-electron chi connectivity index (χ0n) is 11.7. The van der Waals surface area contributed by atoms with Crippen molar-refractivity contribution in [1.29, 1.82) is 0 Å². The summed E-state index contributed by atoms with van der Waals surface area (Å²) in [4.78, 5) is 1.38. The molecular formula is C16H20FNS. The summed E-state index contributed by atoms with van der Waals surface area (Å²) in [5.41, 5.74) is 1.96. The highest BCUT2D eigenvalue weighted by molar-refractivity contribution is 7.10. The van der Waals surface area contributed by atoms with E-state index in [4.69, 9.17) is 0 Å². The molecule has 1 aromatic carbocycles. The number of halogens is 1.